The van der Waals surface area contributed by atoms with Gasteiger partial charge < -0.3 is 4.42 Å². The van der Waals surface area contributed by atoms with E-state index in [0.29, 0.717) is 11.2 Å². The summed E-state index contributed by atoms with van der Waals surface area (Å²) in [5.74, 6) is 0.518. The monoisotopic (exact) mass is 419 g/mol. The molecule has 0 bridgehead atoms. The molecule has 3 heteroatoms. The molecule has 0 N–H and O–H groups in total. The molecule has 2 unspecified atom stereocenters. The third-order valence-electron chi connectivity index (χ3n) is 7.20. The summed E-state index contributed by atoms with van der Waals surface area (Å²) >= 11 is 2.03. The Morgan fingerprint density at radius 3 is 2.61 bits per heavy atom. The first kappa shape index (κ1) is 17.6. The average molecular weight is 420 g/mol. The molecule has 3 aromatic carbocycles. The Bertz CT molecular complexity index is 1510. The predicted molar refractivity (Wildman–Crippen MR) is 128 cm³/mol. The minimum Gasteiger partial charge on any atom is -0.456 e. The Labute approximate surface area is 185 Å². The predicted octanol–water partition coefficient (Wildman–Crippen LogP) is 7.87. The van der Waals surface area contributed by atoms with Crippen molar-refractivity contribution in [3.05, 3.63) is 95.7 Å². The summed E-state index contributed by atoms with van der Waals surface area (Å²) in [7, 11) is 0. The highest BCUT2D eigenvalue weighted by atomic mass is 32.2. The van der Waals surface area contributed by atoms with Crippen molar-refractivity contribution >= 4 is 33.7 Å². The maximum Gasteiger partial charge on any atom is 0.139 e. The van der Waals surface area contributed by atoms with Crippen molar-refractivity contribution in [2.75, 3.05) is 0 Å². The number of para-hydroxylation sites is 1. The van der Waals surface area contributed by atoms with Gasteiger partial charge in [-0.3, -0.25) is 4.98 Å². The Kier molecular flexibility index (Phi) is 3.42. The lowest BCUT2D eigenvalue weighted by atomic mass is 9.75. The molecule has 0 saturated heterocycles. The van der Waals surface area contributed by atoms with Gasteiger partial charge in [0.2, 0.25) is 0 Å². The molecule has 1 aliphatic carbocycles. The smallest absolute Gasteiger partial charge is 0.139 e. The molecule has 7 rings (SSSR count). The van der Waals surface area contributed by atoms with Gasteiger partial charge in [-0.1, -0.05) is 62.4 Å². The first-order valence-corrected chi connectivity index (χ1v) is 11.7. The number of fused-ring (bicyclic) bond motifs is 8. The first-order valence-electron chi connectivity index (χ1n) is 10.8. The van der Waals surface area contributed by atoms with Crippen LogP contribution in [-0.2, 0) is 5.41 Å². The molecule has 150 valence electrons. The largest absolute Gasteiger partial charge is 0.456 e. The van der Waals surface area contributed by atoms with E-state index < -0.39 is 0 Å². The van der Waals surface area contributed by atoms with Gasteiger partial charge in [-0.15, -0.1) is 11.8 Å². The fourth-order valence-corrected chi connectivity index (χ4v) is 7.41. The second-order valence-corrected chi connectivity index (χ2v) is 10.4. The van der Waals surface area contributed by atoms with E-state index in [4.69, 9.17) is 9.40 Å². The minimum absolute atomic E-state index is 0.0824. The highest BCUT2D eigenvalue weighted by molar-refractivity contribution is 8.00. The van der Waals surface area contributed by atoms with Gasteiger partial charge in [0.25, 0.3) is 0 Å². The molecule has 2 aromatic heterocycles. The van der Waals surface area contributed by atoms with Crippen LogP contribution in [0.1, 0.15) is 41.7 Å². The molecule has 5 aromatic rings. The summed E-state index contributed by atoms with van der Waals surface area (Å²) in [6.45, 7) is 4.80. The van der Waals surface area contributed by atoms with Gasteiger partial charge >= 0.3 is 0 Å². The van der Waals surface area contributed by atoms with Gasteiger partial charge in [0, 0.05) is 44.7 Å². The third kappa shape index (κ3) is 2.33. The summed E-state index contributed by atoms with van der Waals surface area (Å²) in [5, 5.41) is 2.70. The van der Waals surface area contributed by atoms with Gasteiger partial charge in [-0.2, -0.15) is 0 Å². The van der Waals surface area contributed by atoms with Crippen LogP contribution in [0.25, 0.3) is 33.2 Å². The van der Waals surface area contributed by atoms with E-state index >= 15 is 0 Å². The van der Waals surface area contributed by atoms with Crippen LogP contribution in [0.4, 0.5) is 0 Å². The third-order valence-corrected chi connectivity index (χ3v) is 8.61. The molecular formula is C28H21NOS. The summed E-state index contributed by atoms with van der Waals surface area (Å²) in [4.78, 5) is 6.26. The van der Waals surface area contributed by atoms with Crippen LogP contribution >= 0.6 is 11.8 Å². The highest BCUT2D eigenvalue weighted by Crippen LogP contribution is 2.66. The lowest BCUT2D eigenvalue weighted by Gasteiger charge is -2.28. The van der Waals surface area contributed by atoms with E-state index in [1.54, 1.807) is 0 Å². The number of pyridine rings is 1. The van der Waals surface area contributed by atoms with Crippen molar-refractivity contribution in [2.45, 2.75) is 35.3 Å². The number of hydrogen-bond donors (Lipinski definition) is 0. The van der Waals surface area contributed by atoms with Crippen LogP contribution in [0.3, 0.4) is 0 Å². The van der Waals surface area contributed by atoms with Crippen molar-refractivity contribution in [3.8, 4) is 11.3 Å². The molecule has 1 aliphatic heterocycles. The number of thioether (sulfide) groups is 1. The maximum absolute atomic E-state index is 6.10. The van der Waals surface area contributed by atoms with E-state index in [1.165, 1.54) is 21.6 Å². The van der Waals surface area contributed by atoms with Crippen LogP contribution in [0.15, 0.2) is 88.3 Å². The fourth-order valence-electron chi connectivity index (χ4n) is 5.69. The molecule has 0 amide bonds. The first-order chi connectivity index (χ1) is 15.1. The Balaban J connectivity index is 1.36. The van der Waals surface area contributed by atoms with Gasteiger partial charge in [0.15, 0.2) is 0 Å². The fraction of sp³-hybridized carbons (Fsp3) is 0.179. The van der Waals surface area contributed by atoms with Gasteiger partial charge in [0.1, 0.15) is 11.2 Å². The van der Waals surface area contributed by atoms with Crippen molar-refractivity contribution in [1.82, 2.24) is 4.98 Å². The molecule has 0 radical (unpaired) electrons. The molecule has 31 heavy (non-hydrogen) atoms. The van der Waals surface area contributed by atoms with Gasteiger partial charge in [0.05, 0.1) is 5.69 Å². The lowest BCUT2D eigenvalue weighted by Crippen LogP contribution is -2.21. The Hall–Kier alpha value is -3.04. The molecule has 2 atom stereocenters. The Morgan fingerprint density at radius 2 is 1.68 bits per heavy atom. The number of furan rings is 1. The van der Waals surface area contributed by atoms with E-state index in [2.05, 4.69) is 68.4 Å². The van der Waals surface area contributed by atoms with Crippen LogP contribution in [0.2, 0.25) is 0 Å². The van der Waals surface area contributed by atoms with E-state index in [-0.39, 0.29) is 5.41 Å². The normalized spacial score (nSPS) is 20.7. The zero-order valence-electron chi connectivity index (χ0n) is 17.4. The van der Waals surface area contributed by atoms with E-state index in [1.807, 2.05) is 36.2 Å². The summed E-state index contributed by atoms with van der Waals surface area (Å²) in [6.07, 6.45) is 1.95. The zero-order chi connectivity index (χ0) is 20.7. The van der Waals surface area contributed by atoms with Crippen molar-refractivity contribution in [1.29, 1.82) is 0 Å². The standard InChI is InChI=1S/C28H21NOS/c1-28(2)21-13-16(11-12-18(21)27-26(28)19-8-4-6-10-25(19)31-27)22-14-24-20(15-29-22)17-7-3-5-9-23(17)30-24/h3-15,26-27H,1-2H3. The maximum atomic E-state index is 6.10. The lowest BCUT2D eigenvalue weighted by molar-refractivity contribution is 0.446. The summed E-state index contributed by atoms with van der Waals surface area (Å²) in [6, 6.07) is 26.1. The van der Waals surface area contributed by atoms with Gasteiger partial charge in [-0.05, 0) is 40.3 Å². The van der Waals surface area contributed by atoms with Crippen molar-refractivity contribution in [2.24, 2.45) is 0 Å². The van der Waals surface area contributed by atoms with E-state index in [0.717, 1.165) is 33.2 Å². The second-order valence-electron chi connectivity index (χ2n) is 9.24. The molecule has 0 spiro atoms. The number of rotatable bonds is 1. The van der Waals surface area contributed by atoms with Crippen molar-refractivity contribution < 1.29 is 4.42 Å². The molecular weight excluding hydrogens is 398 g/mol. The molecule has 3 heterocycles. The highest BCUT2D eigenvalue weighted by Gasteiger charge is 2.51. The van der Waals surface area contributed by atoms with Crippen LogP contribution in [-0.4, -0.2) is 4.98 Å². The molecule has 0 fully saturated rings. The number of nitrogens with zero attached hydrogens (tertiary/aromatic N) is 1. The zero-order valence-corrected chi connectivity index (χ0v) is 18.2. The molecule has 2 aliphatic rings. The average Bonchev–Trinajstić information content (AvgIpc) is 3.42. The second kappa shape index (κ2) is 6.02. The minimum atomic E-state index is 0.0824. The van der Waals surface area contributed by atoms with E-state index in [9.17, 15) is 0 Å². The van der Waals surface area contributed by atoms with Crippen LogP contribution in [0, 0.1) is 0 Å². The Morgan fingerprint density at radius 1 is 0.839 bits per heavy atom. The van der Waals surface area contributed by atoms with Crippen LogP contribution < -0.4 is 0 Å². The summed E-state index contributed by atoms with van der Waals surface area (Å²) in [5.41, 5.74) is 8.45. The van der Waals surface area contributed by atoms with Gasteiger partial charge in [-0.25, -0.2) is 0 Å². The van der Waals surface area contributed by atoms with Crippen molar-refractivity contribution in [3.63, 3.8) is 0 Å². The molecule has 0 saturated carbocycles. The van der Waals surface area contributed by atoms with Crippen LogP contribution in [0.5, 0.6) is 0 Å². The SMILES string of the molecule is CC1(C)c2cc(-c3cc4oc5ccccc5c4cn3)ccc2C2Sc3ccccc3C21. The topological polar surface area (TPSA) is 26.0 Å². The summed E-state index contributed by atoms with van der Waals surface area (Å²) < 4.78 is 6.10. The number of aromatic nitrogens is 1. The number of benzene rings is 3. The molecule has 2 nitrogen and oxygen atoms in total. The quantitative estimate of drug-likeness (QED) is 0.276. The number of hydrogen-bond acceptors (Lipinski definition) is 3.